The highest BCUT2D eigenvalue weighted by molar-refractivity contribution is 7.12. The summed E-state index contributed by atoms with van der Waals surface area (Å²) in [7, 11) is 0. The van der Waals surface area contributed by atoms with Crippen LogP contribution < -0.4 is 5.32 Å². The van der Waals surface area contributed by atoms with E-state index in [0.717, 1.165) is 10.4 Å². The molecule has 21 heavy (non-hydrogen) atoms. The minimum atomic E-state index is -1.07. The fourth-order valence-electron chi connectivity index (χ4n) is 1.60. The normalized spacial score (nSPS) is 10.7. The minimum Gasteiger partial charge on any atom is -0.477 e. The molecule has 2 heterocycles. The highest BCUT2D eigenvalue weighted by Gasteiger charge is 2.04. The van der Waals surface area contributed by atoms with Crippen LogP contribution in [0.25, 0.3) is 6.08 Å². The van der Waals surface area contributed by atoms with E-state index in [2.05, 4.69) is 10.3 Å². The molecule has 0 saturated heterocycles. The molecule has 5 nitrogen and oxygen atoms in total. The molecule has 6 heteroatoms. The van der Waals surface area contributed by atoms with E-state index < -0.39 is 5.97 Å². The third-order valence-corrected chi connectivity index (χ3v) is 3.64. The summed E-state index contributed by atoms with van der Waals surface area (Å²) in [5.41, 5.74) is 0.728. The molecule has 2 aromatic heterocycles. The highest BCUT2D eigenvalue weighted by Crippen LogP contribution is 2.16. The van der Waals surface area contributed by atoms with E-state index in [4.69, 9.17) is 5.11 Å². The summed E-state index contributed by atoms with van der Waals surface area (Å²) in [6, 6.07) is 6.99. The third-order valence-electron chi connectivity index (χ3n) is 2.67. The second-order valence-electron chi connectivity index (χ2n) is 4.36. The molecule has 0 aromatic carbocycles. The van der Waals surface area contributed by atoms with Gasteiger partial charge < -0.3 is 10.4 Å². The van der Waals surface area contributed by atoms with Crippen LogP contribution in [0.5, 0.6) is 0 Å². The molecule has 1 amide bonds. The lowest BCUT2D eigenvalue weighted by molar-refractivity contribution is -0.116. The van der Waals surface area contributed by atoms with Gasteiger partial charge >= 0.3 is 5.97 Å². The fraction of sp³-hybridized carbons (Fsp3) is 0.133. The molecule has 0 bridgehead atoms. The zero-order chi connectivity index (χ0) is 15.2. The summed E-state index contributed by atoms with van der Waals surface area (Å²) in [5, 5.41) is 11.4. The predicted octanol–water partition coefficient (Wildman–Crippen LogP) is 2.48. The van der Waals surface area contributed by atoms with Crippen molar-refractivity contribution < 1.29 is 14.7 Å². The van der Waals surface area contributed by atoms with Crippen molar-refractivity contribution >= 4 is 29.3 Å². The van der Waals surface area contributed by atoms with E-state index in [9.17, 15) is 9.59 Å². The van der Waals surface area contributed by atoms with E-state index in [1.165, 1.54) is 23.2 Å². The van der Waals surface area contributed by atoms with Gasteiger partial charge in [-0.2, -0.15) is 0 Å². The Labute approximate surface area is 126 Å². The molecule has 0 aliphatic heterocycles. The van der Waals surface area contributed by atoms with Crippen LogP contribution in [0.4, 0.5) is 0 Å². The monoisotopic (exact) mass is 302 g/mol. The maximum Gasteiger partial charge on any atom is 0.354 e. The van der Waals surface area contributed by atoms with Crippen molar-refractivity contribution in [2.75, 3.05) is 0 Å². The molecule has 0 aliphatic carbocycles. The van der Waals surface area contributed by atoms with Crippen LogP contribution in [0.2, 0.25) is 0 Å². The Kier molecular flexibility index (Phi) is 4.84. The van der Waals surface area contributed by atoms with Gasteiger partial charge in [-0.15, -0.1) is 11.3 Å². The number of aromatic carboxylic acids is 1. The maximum atomic E-state index is 11.7. The Bertz CT molecular complexity index is 674. The lowest BCUT2D eigenvalue weighted by Crippen LogP contribution is -2.20. The Morgan fingerprint density at radius 3 is 2.71 bits per heavy atom. The van der Waals surface area contributed by atoms with Gasteiger partial charge in [0.25, 0.3) is 0 Å². The highest BCUT2D eigenvalue weighted by atomic mass is 32.1. The number of pyridine rings is 1. The molecule has 108 valence electrons. The van der Waals surface area contributed by atoms with Gasteiger partial charge in [-0.05, 0) is 36.8 Å². The molecular weight excluding hydrogens is 288 g/mol. The number of carbonyl (C=O) groups excluding carboxylic acids is 1. The fourth-order valence-corrected chi connectivity index (χ4v) is 2.38. The number of carboxylic acid groups (broad SMARTS) is 1. The average Bonchev–Trinajstić information content (AvgIpc) is 2.89. The summed E-state index contributed by atoms with van der Waals surface area (Å²) in [6.45, 7) is 2.31. The van der Waals surface area contributed by atoms with Gasteiger partial charge in [0.05, 0.1) is 0 Å². The number of nitrogens with zero attached hydrogens (tertiary/aromatic N) is 1. The second kappa shape index (κ2) is 6.81. The number of carboxylic acids is 1. The first kappa shape index (κ1) is 14.9. The predicted molar refractivity (Wildman–Crippen MR) is 81.1 cm³/mol. The van der Waals surface area contributed by atoms with E-state index in [0.29, 0.717) is 6.54 Å². The third kappa shape index (κ3) is 4.54. The molecule has 0 atom stereocenters. The molecule has 2 rings (SSSR count). The van der Waals surface area contributed by atoms with Crippen molar-refractivity contribution in [3.8, 4) is 0 Å². The lowest BCUT2D eigenvalue weighted by atomic mass is 10.2. The van der Waals surface area contributed by atoms with E-state index in [1.54, 1.807) is 23.5 Å². The first-order chi connectivity index (χ1) is 10.0. The summed E-state index contributed by atoms with van der Waals surface area (Å²) in [6.07, 6.45) is 4.68. The SMILES string of the molecule is Cc1ccc(/C=C/C(=O)NCc2ccc(C(=O)O)nc2)s1. The van der Waals surface area contributed by atoms with Gasteiger partial charge in [0.2, 0.25) is 5.91 Å². The van der Waals surface area contributed by atoms with Crippen LogP contribution in [0.1, 0.15) is 25.8 Å². The van der Waals surface area contributed by atoms with Crippen LogP contribution in [0.15, 0.2) is 36.5 Å². The number of amides is 1. The summed E-state index contributed by atoms with van der Waals surface area (Å²) < 4.78 is 0. The standard InChI is InChI=1S/C15H14N2O3S/c1-10-2-4-12(21-10)5-7-14(18)17-9-11-3-6-13(15(19)20)16-8-11/h2-8H,9H2,1H3,(H,17,18)(H,19,20)/b7-5+. The Balaban J connectivity index is 1.86. The number of hydrogen-bond acceptors (Lipinski definition) is 4. The molecule has 0 radical (unpaired) electrons. The minimum absolute atomic E-state index is 0.0157. The summed E-state index contributed by atoms with van der Waals surface area (Å²) in [4.78, 5) is 28.3. The first-order valence-electron chi connectivity index (χ1n) is 6.25. The molecule has 0 aliphatic rings. The molecule has 2 N–H and O–H groups in total. The van der Waals surface area contributed by atoms with Gasteiger partial charge in [-0.25, -0.2) is 9.78 Å². The van der Waals surface area contributed by atoms with Crippen molar-refractivity contribution in [1.29, 1.82) is 0 Å². The summed E-state index contributed by atoms with van der Waals surface area (Å²) >= 11 is 1.62. The number of aryl methyl sites for hydroxylation is 1. The zero-order valence-corrected chi connectivity index (χ0v) is 12.2. The molecular formula is C15H14N2O3S. The smallest absolute Gasteiger partial charge is 0.354 e. The number of thiophene rings is 1. The zero-order valence-electron chi connectivity index (χ0n) is 11.4. The number of carbonyl (C=O) groups is 2. The Hall–Kier alpha value is -2.47. The van der Waals surface area contributed by atoms with Gasteiger partial charge in [0.15, 0.2) is 0 Å². The summed E-state index contributed by atoms with van der Waals surface area (Å²) in [5.74, 6) is -1.27. The molecule has 0 spiro atoms. The number of nitrogens with one attached hydrogen (secondary N) is 1. The van der Waals surface area contributed by atoms with Gasteiger partial charge in [-0.1, -0.05) is 6.07 Å². The van der Waals surface area contributed by atoms with E-state index in [-0.39, 0.29) is 11.6 Å². The topological polar surface area (TPSA) is 79.3 Å². The van der Waals surface area contributed by atoms with Crippen LogP contribution in [-0.4, -0.2) is 22.0 Å². The lowest BCUT2D eigenvalue weighted by Gasteiger charge is -2.02. The first-order valence-corrected chi connectivity index (χ1v) is 7.07. The van der Waals surface area contributed by atoms with Crippen molar-refractivity contribution in [3.05, 3.63) is 57.6 Å². The van der Waals surface area contributed by atoms with E-state index >= 15 is 0 Å². The second-order valence-corrected chi connectivity index (χ2v) is 5.68. The maximum absolute atomic E-state index is 11.7. The molecule has 2 aromatic rings. The van der Waals surface area contributed by atoms with Crippen LogP contribution in [0.3, 0.4) is 0 Å². The van der Waals surface area contributed by atoms with Gasteiger partial charge in [0, 0.05) is 28.6 Å². The van der Waals surface area contributed by atoms with Crippen LogP contribution >= 0.6 is 11.3 Å². The average molecular weight is 302 g/mol. The largest absolute Gasteiger partial charge is 0.477 e. The molecule has 0 unspecified atom stereocenters. The number of aromatic nitrogens is 1. The van der Waals surface area contributed by atoms with Crippen LogP contribution in [0, 0.1) is 6.92 Å². The molecule has 0 saturated carbocycles. The molecule has 0 fully saturated rings. The number of rotatable bonds is 5. The van der Waals surface area contributed by atoms with Crippen molar-refractivity contribution in [2.24, 2.45) is 0 Å². The van der Waals surface area contributed by atoms with Crippen LogP contribution in [-0.2, 0) is 11.3 Å². The number of hydrogen-bond donors (Lipinski definition) is 2. The van der Waals surface area contributed by atoms with Crippen molar-refractivity contribution in [1.82, 2.24) is 10.3 Å². The van der Waals surface area contributed by atoms with Crippen molar-refractivity contribution in [2.45, 2.75) is 13.5 Å². The Morgan fingerprint density at radius 1 is 1.33 bits per heavy atom. The van der Waals surface area contributed by atoms with Crippen molar-refractivity contribution in [3.63, 3.8) is 0 Å². The van der Waals surface area contributed by atoms with Gasteiger partial charge in [-0.3, -0.25) is 4.79 Å². The Morgan fingerprint density at radius 2 is 2.14 bits per heavy atom. The van der Waals surface area contributed by atoms with E-state index in [1.807, 2.05) is 19.1 Å². The quantitative estimate of drug-likeness (QED) is 0.832. The van der Waals surface area contributed by atoms with Gasteiger partial charge in [0.1, 0.15) is 5.69 Å².